The molecule has 0 unspecified atom stereocenters. The Hall–Kier alpha value is -4.89. The fourth-order valence-electron chi connectivity index (χ4n) is 4.76. The molecule has 0 radical (unpaired) electrons. The first kappa shape index (κ1) is 27.7. The minimum Gasteiger partial charge on any atom is -0.464 e. The highest BCUT2D eigenvalue weighted by Gasteiger charge is 2.22. The average Bonchev–Trinajstić information content (AvgIpc) is 3.60. The van der Waals surface area contributed by atoms with E-state index in [1.807, 2.05) is 53.3 Å². The fourth-order valence-corrected chi connectivity index (χ4v) is 5.44. The molecule has 0 saturated heterocycles. The van der Waals surface area contributed by atoms with Crippen molar-refractivity contribution < 1.29 is 28.8 Å². The third kappa shape index (κ3) is 5.71. The number of rotatable bonds is 9. The Morgan fingerprint density at radius 1 is 0.829 bits per heavy atom. The lowest BCUT2D eigenvalue weighted by Crippen LogP contribution is -2.18. The summed E-state index contributed by atoms with van der Waals surface area (Å²) in [5.41, 5.74) is 3.84. The highest BCUT2D eigenvalue weighted by molar-refractivity contribution is 7.12. The predicted molar refractivity (Wildman–Crippen MR) is 158 cm³/mol. The summed E-state index contributed by atoms with van der Waals surface area (Å²) in [5.74, 6) is -1.53. The van der Waals surface area contributed by atoms with Gasteiger partial charge in [0.25, 0.3) is 0 Å². The van der Waals surface area contributed by atoms with E-state index >= 15 is 0 Å². The minimum absolute atomic E-state index is 0.00445. The molecule has 5 aromatic rings. The van der Waals surface area contributed by atoms with E-state index in [0.717, 1.165) is 27.4 Å². The van der Waals surface area contributed by atoms with Gasteiger partial charge in [0.2, 0.25) is 11.6 Å². The smallest absolute Gasteiger partial charge is 0.332 e. The maximum absolute atomic E-state index is 13.8. The highest BCUT2D eigenvalue weighted by atomic mass is 32.1. The van der Waals surface area contributed by atoms with Gasteiger partial charge in [0.1, 0.15) is 6.61 Å². The van der Waals surface area contributed by atoms with Gasteiger partial charge in [-0.3, -0.25) is 14.4 Å². The first-order chi connectivity index (χ1) is 19.7. The van der Waals surface area contributed by atoms with E-state index in [1.165, 1.54) is 25.2 Å². The number of ether oxygens (including phenoxy) is 1. The lowest BCUT2D eigenvalue weighted by atomic mass is 9.96. The van der Waals surface area contributed by atoms with Crippen LogP contribution in [-0.2, 0) is 25.7 Å². The van der Waals surface area contributed by atoms with E-state index < -0.39 is 11.8 Å². The molecule has 0 amide bonds. The molecular weight excluding hydrogens is 540 g/mol. The highest BCUT2D eigenvalue weighted by Crippen LogP contribution is 2.32. The van der Waals surface area contributed by atoms with E-state index in [-0.39, 0.29) is 24.1 Å². The second-order valence-electron chi connectivity index (χ2n) is 9.43. The topological polar surface area (TPSA) is 104 Å². The van der Waals surface area contributed by atoms with Crippen molar-refractivity contribution in [3.8, 4) is 0 Å². The number of oxime groups is 1. The van der Waals surface area contributed by atoms with Crippen molar-refractivity contribution in [1.29, 1.82) is 0 Å². The summed E-state index contributed by atoms with van der Waals surface area (Å²) >= 11 is 1.37. The van der Waals surface area contributed by atoms with Gasteiger partial charge in [-0.1, -0.05) is 35.5 Å². The third-order valence-corrected chi connectivity index (χ3v) is 7.50. The van der Waals surface area contributed by atoms with Crippen LogP contribution >= 0.6 is 11.3 Å². The van der Waals surface area contributed by atoms with Gasteiger partial charge in [-0.05, 0) is 60.3 Å². The molecule has 206 valence electrons. The van der Waals surface area contributed by atoms with Gasteiger partial charge in [0.15, 0.2) is 5.71 Å². The first-order valence-electron chi connectivity index (χ1n) is 12.9. The number of benzene rings is 3. The Morgan fingerprint density at radius 2 is 1.51 bits per heavy atom. The van der Waals surface area contributed by atoms with Crippen molar-refractivity contribution in [3.05, 3.63) is 105 Å². The van der Waals surface area contributed by atoms with E-state index in [0.29, 0.717) is 28.1 Å². The lowest BCUT2D eigenvalue weighted by molar-refractivity contribution is -0.142. The van der Waals surface area contributed by atoms with Crippen LogP contribution < -0.4 is 0 Å². The number of thiophene rings is 1. The number of hydrogen-bond acceptors (Lipinski definition) is 8. The van der Waals surface area contributed by atoms with Crippen LogP contribution in [0.25, 0.3) is 21.8 Å². The fraction of sp³-hybridized carbons (Fsp3) is 0.156. The number of Topliss-reactive ketones (excluding diaryl/α,β-unsaturated/α-hetero) is 1. The van der Waals surface area contributed by atoms with Gasteiger partial charge >= 0.3 is 11.9 Å². The number of hydrogen-bond donors (Lipinski definition) is 0. The molecule has 5 rings (SSSR count). The Morgan fingerprint density at radius 3 is 2.15 bits per heavy atom. The van der Waals surface area contributed by atoms with Crippen molar-refractivity contribution in [2.24, 2.45) is 5.16 Å². The Bertz CT molecular complexity index is 1850. The number of aryl methyl sites for hydroxylation is 1. The van der Waals surface area contributed by atoms with Crippen molar-refractivity contribution >= 4 is 62.4 Å². The quantitative estimate of drug-likeness (QED) is 0.0701. The molecule has 0 spiro atoms. The number of carbonyl (C=O) groups excluding carboxylic acids is 4. The maximum Gasteiger partial charge on any atom is 0.332 e. The first-order valence-corrected chi connectivity index (χ1v) is 13.8. The molecule has 0 aliphatic carbocycles. The van der Waals surface area contributed by atoms with Gasteiger partial charge in [-0.25, -0.2) is 4.79 Å². The number of fused-ring (bicyclic) bond motifs is 3. The van der Waals surface area contributed by atoms with Crippen LogP contribution in [0.4, 0.5) is 0 Å². The monoisotopic (exact) mass is 566 g/mol. The third-order valence-electron chi connectivity index (χ3n) is 6.64. The summed E-state index contributed by atoms with van der Waals surface area (Å²) in [7, 11) is 0. The molecule has 2 aromatic heterocycles. The molecule has 41 heavy (non-hydrogen) atoms. The van der Waals surface area contributed by atoms with Gasteiger partial charge in [0.05, 0.1) is 11.4 Å². The Kier molecular flexibility index (Phi) is 7.89. The second kappa shape index (κ2) is 11.7. The molecule has 2 heterocycles. The predicted octanol–water partition coefficient (Wildman–Crippen LogP) is 6.11. The number of carbonyl (C=O) groups is 4. The summed E-state index contributed by atoms with van der Waals surface area (Å²) in [6.07, 6.45) is 0. The summed E-state index contributed by atoms with van der Waals surface area (Å²) in [4.78, 5) is 55.5. The van der Waals surface area contributed by atoms with Crippen molar-refractivity contribution in [1.82, 2.24) is 4.57 Å². The lowest BCUT2D eigenvalue weighted by Gasteiger charge is -2.10. The van der Waals surface area contributed by atoms with Gasteiger partial charge in [0, 0.05) is 52.3 Å². The van der Waals surface area contributed by atoms with Crippen molar-refractivity contribution in [2.75, 3.05) is 6.61 Å². The van der Waals surface area contributed by atoms with Crippen LogP contribution in [0.5, 0.6) is 0 Å². The van der Waals surface area contributed by atoms with Crippen LogP contribution in [0.15, 0.2) is 83.3 Å². The maximum atomic E-state index is 13.8. The summed E-state index contributed by atoms with van der Waals surface area (Å²) < 4.78 is 7.20. The zero-order valence-electron chi connectivity index (χ0n) is 22.7. The SMILES string of the molecule is CC(=O)OCCn1c2ccc(C(=O)C(=NOC(C)=O)c3ccccc3C)cc2c2cc(C(=O)c3cccs3)ccc21. The van der Waals surface area contributed by atoms with Crippen molar-refractivity contribution in [2.45, 2.75) is 27.3 Å². The molecule has 0 saturated carbocycles. The van der Waals surface area contributed by atoms with E-state index in [9.17, 15) is 19.2 Å². The molecule has 9 heteroatoms. The molecule has 0 atom stereocenters. The number of nitrogens with zero attached hydrogens (tertiary/aromatic N) is 2. The molecule has 8 nitrogen and oxygen atoms in total. The van der Waals surface area contributed by atoms with Crippen LogP contribution in [0, 0.1) is 6.92 Å². The second-order valence-corrected chi connectivity index (χ2v) is 10.4. The Balaban J connectivity index is 1.65. The van der Waals surface area contributed by atoms with Crippen LogP contribution in [0.1, 0.15) is 50.6 Å². The average molecular weight is 567 g/mol. The number of aromatic nitrogens is 1. The summed E-state index contributed by atoms with van der Waals surface area (Å²) in [5, 5.41) is 7.29. The minimum atomic E-state index is -0.641. The van der Waals surface area contributed by atoms with Crippen LogP contribution in [0.3, 0.4) is 0 Å². The van der Waals surface area contributed by atoms with Gasteiger partial charge in [-0.2, -0.15) is 0 Å². The summed E-state index contributed by atoms with van der Waals surface area (Å²) in [6, 6.07) is 21.6. The molecule has 0 N–H and O–H groups in total. The molecule has 3 aromatic carbocycles. The van der Waals surface area contributed by atoms with Crippen LogP contribution in [0.2, 0.25) is 0 Å². The molecule has 0 bridgehead atoms. The van der Waals surface area contributed by atoms with Gasteiger partial charge in [-0.15, -0.1) is 11.3 Å². The normalized spacial score (nSPS) is 11.5. The number of ketones is 2. The van der Waals surface area contributed by atoms with Gasteiger partial charge < -0.3 is 14.1 Å². The molecular formula is C32H26N2O6S. The van der Waals surface area contributed by atoms with E-state index in [4.69, 9.17) is 9.57 Å². The zero-order valence-corrected chi connectivity index (χ0v) is 23.5. The zero-order chi connectivity index (χ0) is 29.1. The summed E-state index contributed by atoms with van der Waals surface area (Å²) in [6.45, 7) is 4.97. The standard InChI is InChI=1S/C32H26N2O6S/c1-19-7-4-5-8-24(19)30(33-40-21(3)36)32(38)23-11-13-28-26(18-23)25-17-22(31(37)29-9-6-16-41-29)10-12-27(25)34(28)14-15-39-20(2)35/h4-13,16-18H,14-15H2,1-3H3. The van der Waals surface area contributed by atoms with Crippen molar-refractivity contribution in [3.63, 3.8) is 0 Å². The largest absolute Gasteiger partial charge is 0.464 e. The molecule has 0 fully saturated rings. The molecule has 0 aliphatic heterocycles. The van der Waals surface area contributed by atoms with E-state index in [2.05, 4.69) is 5.16 Å². The number of esters is 1. The van der Waals surface area contributed by atoms with Crippen LogP contribution in [-0.4, -0.2) is 40.4 Å². The van der Waals surface area contributed by atoms with E-state index in [1.54, 1.807) is 36.4 Å². The Labute approximate surface area is 239 Å². The molecule has 0 aliphatic rings.